The number of amides is 2. The van der Waals surface area contributed by atoms with Gasteiger partial charge in [0.2, 0.25) is 0 Å². The van der Waals surface area contributed by atoms with E-state index in [2.05, 4.69) is 0 Å². The topological polar surface area (TPSA) is 81.2 Å². The molecular weight excluding hydrogens is 425 g/mol. The summed E-state index contributed by atoms with van der Waals surface area (Å²) >= 11 is 0. The predicted octanol–water partition coefficient (Wildman–Crippen LogP) is 2.64. The van der Waals surface area contributed by atoms with E-state index in [0.717, 1.165) is 6.07 Å². The number of carbonyl (C=O) groups excluding carboxylic acids is 3. The average molecular weight is 451 g/mol. The quantitative estimate of drug-likeness (QED) is 0.430. The van der Waals surface area contributed by atoms with Crippen LogP contribution in [-0.2, 0) is 19.9 Å². The molecule has 2 aromatic rings. The fourth-order valence-electron chi connectivity index (χ4n) is 4.70. The van der Waals surface area contributed by atoms with E-state index >= 15 is 0 Å². The van der Waals surface area contributed by atoms with Crippen LogP contribution < -0.4 is 4.90 Å². The molecule has 2 aromatic carbocycles. The van der Waals surface area contributed by atoms with Crippen LogP contribution in [0.3, 0.4) is 0 Å². The van der Waals surface area contributed by atoms with Crippen LogP contribution in [0.5, 0.6) is 0 Å². The minimum Gasteiger partial charge on any atom is -0.507 e. The number of rotatable bonds is 5. The van der Waals surface area contributed by atoms with Crippen LogP contribution in [0.15, 0.2) is 48.0 Å². The van der Waals surface area contributed by atoms with E-state index in [0.29, 0.717) is 29.8 Å². The number of aliphatic hydroxyl groups is 1. The number of fused-ring (bicyclic) bond motifs is 2. The van der Waals surface area contributed by atoms with Gasteiger partial charge in [-0.05, 0) is 51.7 Å². The van der Waals surface area contributed by atoms with E-state index in [4.69, 9.17) is 0 Å². The predicted molar refractivity (Wildman–Crippen MR) is 122 cm³/mol. The highest BCUT2D eigenvalue weighted by Crippen LogP contribution is 2.53. The normalized spacial score (nSPS) is 21.6. The molecule has 33 heavy (non-hydrogen) atoms. The summed E-state index contributed by atoms with van der Waals surface area (Å²) in [6, 6.07) is 10.9. The number of likely N-dealkylation sites (N-methyl/N-ethyl adjacent to an activating group) is 1. The Bertz CT molecular complexity index is 1210. The monoisotopic (exact) mass is 451 g/mol. The van der Waals surface area contributed by atoms with Gasteiger partial charge in [-0.2, -0.15) is 0 Å². The highest BCUT2D eigenvalue weighted by molar-refractivity contribution is 6.50. The summed E-state index contributed by atoms with van der Waals surface area (Å²) in [5.74, 6) is -3.47. The SMILES string of the molecule is Cc1ccc(C(O)=C2C(=O)C(=O)N(CCCN(C)C)[C@]23C(=O)N(C)c2ccccc23)cc1F. The van der Waals surface area contributed by atoms with Crippen molar-refractivity contribution in [3.8, 4) is 0 Å². The van der Waals surface area contributed by atoms with Gasteiger partial charge in [0.1, 0.15) is 11.6 Å². The molecule has 1 spiro atoms. The molecule has 0 aliphatic carbocycles. The molecule has 172 valence electrons. The van der Waals surface area contributed by atoms with Gasteiger partial charge in [0, 0.05) is 30.4 Å². The maximum Gasteiger partial charge on any atom is 0.296 e. The molecule has 7 nitrogen and oxygen atoms in total. The van der Waals surface area contributed by atoms with E-state index in [1.54, 1.807) is 38.2 Å². The van der Waals surface area contributed by atoms with Gasteiger partial charge in [-0.1, -0.05) is 30.3 Å². The Morgan fingerprint density at radius 1 is 1.12 bits per heavy atom. The standard InChI is InChI=1S/C25H26FN3O4/c1-15-10-11-16(14-18(15)26)21(30)20-22(31)23(32)29(13-7-12-27(2)3)25(20)17-8-5-6-9-19(17)28(4)24(25)33/h5-6,8-11,14,30H,7,12-13H2,1-4H3/t25-/m0/s1. The number of anilines is 1. The summed E-state index contributed by atoms with van der Waals surface area (Å²) in [5.41, 5.74) is -0.755. The Kier molecular flexibility index (Phi) is 5.57. The number of carbonyl (C=O) groups is 3. The lowest BCUT2D eigenvalue weighted by atomic mass is 9.81. The van der Waals surface area contributed by atoms with E-state index < -0.39 is 34.7 Å². The van der Waals surface area contributed by atoms with Crippen molar-refractivity contribution in [1.82, 2.24) is 9.80 Å². The Balaban J connectivity index is 2.00. The summed E-state index contributed by atoms with van der Waals surface area (Å²) < 4.78 is 14.3. The van der Waals surface area contributed by atoms with Gasteiger partial charge in [0.15, 0.2) is 5.54 Å². The maximum atomic E-state index is 14.3. The van der Waals surface area contributed by atoms with E-state index in [9.17, 15) is 23.9 Å². The van der Waals surface area contributed by atoms with Gasteiger partial charge in [-0.25, -0.2) is 4.39 Å². The summed E-state index contributed by atoms with van der Waals surface area (Å²) in [6.07, 6.45) is 0.514. The summed E-state index contributed by atoms with van der Waals surface area (Å²) in [7, 11) is 5.35. The lowest BCUT2D eigenvalue weighted by Crippen LogP contribution is -2.51. The fraction of sp³-hybridized carbons (Fsp3) is 0.320. The number of Topliss-reactive ketones (excluding diaryl/α,β-unsaturated/α-hetero) is 1. The van der Waals surface area contributed by atoms with Crippen LogP contribution in [0.2, 0.25) is 0 Å². The first-order chi connectivity index (χ1) is 15.6. The molecule has 0 unspecified atom stereocenters. The first kappa shape index (κ1) is 22.7. The van der Waals surface area contributed by atoms with Crippen molar-refractivity contribution < 1.29 is 23.9 Å². The first-order valence-corrected chi connectivity index (χ1v) is 10.7. The van der Waals surface area contributed by atoms with Crippen LogP contribution in [0.1, 0.15) is 23.1 Å². The van der Waals surface area contributed by atoms with Gasteiger partial charge < -0.3 is 19.8 Å². The van der Waals surface area contributed by atoms with Crippen LogP contribution in [0.4, 0.5) is 10.1 Å². The second kappa shape index (κ2) is 8.12. The second-order valence-electron chi connectivity index (χ2n) is 8.72. The number of aliphatic hydroxyl groups excluding tert-OH is 1. The largest absolute Gasteiger partial charge is 0.507 e. The van der Waals surface area contributed by atoms with Crippen LogP contribution >= 0.6 is 0 Å². The number of hydrogen-bond acceptors (Lipinski definition) is 5. The zero-order valence-electron chi connectivity index (χ0n) is 19.1. The Morgan fingerprint density at radius 3 is 2.48 bits per heavy atom. The molecule has 8 heteroatoms. The van der Waals surface area contributed by atoms with Crippen LogP contribution in [0.25, 0.3) is 5.76 Å². The molecule has 1 N–H and O–H groups in total. The number of aryl methyl sites for hydroxylation is 1. The first-order valence-electron chi connectivity index (χ1n) is 10.7. The minimum absolute atomic E-state index is 0.0311. The lowest BCUT2D eigenvalue weighted by molar-refractivity contribution is -0.143. The van der Waals surface area contributed by atoms with E-state index in [1.165, 1.54) is 21.9 Å². The van der Waals surface area contributed by atoms with Crippen molar-refractivity contribution in [1.29, 1.82) is 0 Å². The second-order valence-corrected chi connectivity index (χ2v) is 8.72. The number of hydrogen-bond donors (Lipinski definition) is 1. The molecule has 0 bridgehead atoms. The minimum atomic E-state index is -1.81. The Morgan fingerprint density at radius 2 is 1.82 bits per heavy atom. The van der Waals surface area contributed by atoms with E-state index in [-0.39, 0.29) is 17.7 Å². The van der Waals surface area contributed by atoms with Gasteiger partial charge in [0.05, 0.1) is 5.57 Å². The molecule has 2 aliphatic heterocycles. The van der Waals surface area contributed by atoms with Crippen molar-refractivity contribution in [3.05, 3.63) is 70.5 Å². The highest BCUT2D eigenvalue weighted by Gasteiger charge is 2.66. The van der Waals surface area contributed by atoms with Crippen molar-refractivity contribution in [2.75, 3.05) is 39.1 Å². The van der Waals surface area contributed by atoms with E-state index in [1.807, 2.05) is 19.0 Å². The Hall–Kier alpha value is -3.52. The number of nitrogens with zero attached hydrogens (tertiary/aromatic N) is 3. The summed E-state index contributed by atoms with van der Waals surface area (Å²) in [6.45, 7) is 2.34. The molecule has 2 amide bonds. The molecule has 1 fully saturated rings. The maximum absolute atomic E-state index is 14.3. The zero-order valence-corrected chi connectivity index (χ0v) is 19.1. The number of halogens is 1. The third kappa shape index (κ3) is 3.24. The van der Waals surface area contributed by atoms with Crippen molar-refractivity contribution in [3.63, 3.8) is 0 Å². The molecule has 0 radical (unpaired) electrons. The number of para-hydroxylation sites is 1. The third-order valence-corrected chi connectivity index (χ3v) is 6.37. The zero-order chi connectivity index (χ0) is 24.1. The summed E-state index contributed by atoms with van der Waals surface area (Å²) in [4.78, 5) is 45.0. The molecule has 0 saturated carbocycles. The molecule has 2 heterocycles. The molecule has 1 atom stereocenters. The number of likely N-dealkylation sites (tertiary alicyclic amines) is 1. The highest BCUT2D eigenvalue weighted by atomic mass is 19.1. The lowest BCUT2D eigenvalue weighted by Gasteiger charge is -2.34. The molecule has 2 aliphatic rings. The van der Waals surface area contributed by atoms with Crippen molar-refractivity contribution in [2.24, 2.45) is 0 Å². The number of benzene rings is 2. The smallest absolute Gasteiger partial charge is 0.296 e. The van der Waals surface area contributed by atoms with Gasteiger partial charge in [-0.3, -0.25) is 14.4 Å². The molecule has 1 saturated heterocycles. The van der Waals surface area contributed by atoms with Gasteiger partial charge in [0.25, 0.3) is 17.6 Å². The molecule has 0 aromatic heterocycles. The van der Waals surface area contributed by atoms with Crippen molar-refractivity contribution in [2.45, 2.75) is 18.9 Å². The fourth-order valence-corrected chi connectivity index (χ4v) is 4.70. The molecular formula is C25H26FN3O4. The average Bonchev–Trinajstić information content (AvgIpc) is 3.14. The van der Waals surface area contributed by atoms with Gasteiger partial charge in [-0.15, -0.1) is 0 Å². The van der Waals surface area contributed by atoms with Crippen molar-refractivity contribution >= 4 is 29.0 Å². The molecule has 4 rings (SSSR count). The van der Waals surface area contributed by atoms with Crippen LogP contribution in [0, 0.1) is 12.7 Å². The Labute approximate surface area is 191 Å². The van der Waals surface area contributed by atoms with Crippen LogP contribution in [-0.4, -0.2) is 66.7 Å². The third-order valence-electron chi connectivity index (χ3n) is 6.37. The summed E-state index contributed by atoms with van der Waals surface area (Å²) in [5, 5.41) is 11.2. The number of ketones is 1. The van der Waals surface area contributed by atoms with Gasteiger partial charge >= 0.3 is 0 Å².